The van der Waals surface area contributed by atoms with E-state index in [0.29, 0.717) is 44.8 Å². The summed E-state index contributed by atoms with van der Waals surface area (Å²) in [5.41, 5.74) is 0.575. The van der Waals surface area contributed by atoms with E-state index in [2.05, 4.69) is 10.3 Å². The molecule has 0 aromatic carbocycles. The molecule has 3 heterocycles. The third kappa shape index (κ3) is 5.87. The van der Waals surface area contributed by atoms with Crippen molar-refractivity contribution in [2.24, 2.45) is 5.41 Å². The Morgan fingerprint density at radius 2 is 2.00 bits per heavy atom. The Kier molecular flexibility index (Phi) is 7.21. The van der Waals surface area contributed by atoms with Crippen molar-refractivity contribution < 1.29 is 23.9 Å². The summed E-state index contributed by atoms with van der Waals surface area (Å²) in [4.78, 5) is 43.1. The van der Waals surface area contributed by atoms with E-state index in [4.69, 9.17) is 9.47 Å². The molecule has 2 aliphatic rings. The van der Waals surface area contributed by atoms with Gasteiger partial charge in [-0.25, -0.2) is 14.6 Å². The maximum Gasteiger partial charge on any atom is 0.410 e. The van der Waals surface area contributed by atoms with E-state index in [-0.39, 0.29) is 18.0 Å². The zero-order valence-corrected chi connectivity index (χ0v) is 19.4. The van der Waals surface area contributed by atoms with E-state index in [9.17, 15) is 14.4 Å². The zero-order valence-electron chi connectivity index (χ0n) is 19.4. The molecule has 2 aliphatic heterocycles. The molecule has 1 aromatic heterocycles. The van der Waals surface area contributed by atoms with Crippen LogP contribution in [0, 0.1) is 5.41 Å². The van der Waals surface area contributed by atoms with Crippen molar-refractivity contribution in [3.8, 4) is 0 Å². The van der Waals surface area contributed by atoms with Crippen LogP contribution in [-0.2, 0) is 25.5 Å². The number of pyridine rings is 1. The number of piperidine rings is 1. The predicted molar refractivity (Wildman–Crippen MR) is 121 cm³/mol. The molecule has 0 radical (unpaired) electrons. The highest BCUT2D eigenvalue weighted by molar-refractivity contribution is 5.98. The van der Waals surface area contributed by atoms with E-state index >= 15 is 0 Å². The number of fused-ring (bicyclic) bond motifs is 1. The molecule has 3 rings (SSSR count). The molecular formula is C24H33N3O5. The van der Waals surface area contributed by atoms with Gasteiger partial charge in [0.1, 0.15) is 11.4 Å². The number of esters is 1. The summed E-state index contributed by atoms with van der Waals surface area (Å²) < 4.78 is 10.6. The lowest BCUT2D eigenvalue weighted by Gasteiger charge is -2.43. The van der Waals surface area contributed by atoms with Crippen LogP contribution in [0.5, 0.6) is 0 Å². The van der Waals surface area contributed by atoms with Crippen LogP contribution in [0.3, 0.4) is 0 Å². The van der Waals surface area contributed by atoms with Gasteiger partial charge < -0.3 is 19.7 Å². The largest absolute Gasteiger partial charge is 0.463 e. The molecule has 1 aromatic rings. The van der Waals surface area contributed by atoms with Gasteiger partial charge in [-0.2, -0.15) is 0 Å². The van der Waals surface area contributed by atoms with Gasteiger partial charge in [0.05, 0.1) is 12.0 Å². The smallest absolute Gasteiger partial charge is 0.410 e. The van der Waals surface area contributed by atoms with Crippen molar-refractivity contribution in [2.75, 3.05) is 25.0 Å². The maximum absolute atomic E-state index is 12.9. The highest BCUT2D eigenvalue weighted by atomic mass is 16.6. The van der Waals surface area contributed by atoms with Crippen LogP contribution in [0.15, 0.2) is 18.3 Å². The first-order chi connectivity index (χ1) is 15.1. The summed E-state index contributed by atoms with van der Waals surface area (Å²) in [7, 11) is 0. The Labute approximate surface area is 189 Å². The van der Waals surface area contributed by atoms with Crippen LogP contribution >= 0.6 is 0 Å². The Morgan fingerprint density at radius 1 is 1.28 bits per heavy atom. The second-order valence-corrected chi connectivity index (χ2v) is 9.51. The van der Waals surface area contributed by atoms with Crippen molar-refractivity contribution in [3.63, 3.8) is 0 Å². The number of nitrogens with one attached hydrogen (secondary N) is 1. The number of hydrogen-bond donors (Lipinski definition) is 1. The molecule has 1 fully saturated rings. The second kappa shape index (κ2) is 9.71. The minimum Gasteiger partial charge on any atom is -0.463 e. The first-order valence-corrected chi connectivity index (χ1v) is 11.2. The number of nitrogens with zero attached hydrogens (tertiary/aromatic N) is 2. The van der Waals surface area contributed by atoms with Gasteiger partial charge in [-0.05, 0) is 69.7 Å². The predicted octanol–water partition coefficient (Wildman–Crippen LogP) is 3.95. The summed E-state index contributed by atoms with van der Waals surface area (Å²) >= 11 is 0. The summed E-state index contributed by atoms with van der Waals surface area (Å²) in [6.45, 7) is 8.90. The van der Waals surface area contributed by atoms with Gasteiger partial charge in [0.15, 0.2) is 0 Å². The molecule has 174 valence electrons. The number of ether oxygens (including phenoxy) is 2. The van der Waals surface area contributed by atoms with Crippen LogP contribution in [0.25, 0.3) is 6.08 Å². The van der Waals surface area contributed by atoms with Crippen molar-refractivity contribution in [1.82, 2.24) is 9.88 Å². The number of rotatable bonds is 5. The SMILES string of the molecule is CCCCOC(=O)/C=C/c1cnc2c(c1)CC1(CCN(C(=O)OC(C)(C)C)CC1)C(=O)N2. The van der Waals surface area contributed by atoms with Crippen molar-refractivity contribution in [2.45, 2.75) is 65.4 Å². The molecular weight excluding hydrogens is 410 g/mol. The summed E-state index contributed by atoms with van der Waals surface area (Å²) in [6, 6.07) is 1.94. The van der Waals surface area contributed by atoms with Gasteiger partial charge >= 0.3 is 12.1 Å². The summed E-state index contributed by atoms with van der Waals surface area (Å²) in [6.07, 6.45) is 7.82. The highest BCUT2D eigenvalue weighted by Crippen LogP contribution is 2.41. The van der Waals surface area contributed by atoms with Crippen LogP contribution in [0.2, 0.25) is 0 Å². The molecule has 8 nitrogen and oxygen atoms in total. The lowest BCUT2D eigenvalue weighted by Crippen LogP contribution is -2.51. The number of aromatic nitrogens is 1. The second-order valence-electron chi connectivity index (χ2n) is 9.51. The van der Waals surface area contributed by atoms with Gasteiger partial charge in [0, 0.05) is 25.4 Å². The molecule has 1 N–H and O–H groups in total. The molecule has 0 unspecified atom stereocenters. The lowest BCUT2D eigenvalue weighted by atomic mass is 9.71. The molecule has 0 atom stereocenters. The molecule has 2 amide bonds. The third-order valence-electron chi connectivity index (χ3n) is 5.76. The number of carbonyl (C=O) groups excluding carboxylic acids is 3. The number of carbonyl (C=O) groups is 3. The first kappa shape index (κ1) is 23.8. The summed E-state index contributed by atoms with van der Waals surface area (Å²) in [5, 5.41) is 2.93. The number of unbranched alkanes of at least 4 members (excludes halogenated alkanes) is 1. The monoisotopic (exact) mass is 443 g/mol. The molecule has 8 heteroatoms. The Balaban J connectivity index is 1.65. The van der Waals surface area contributed by atoms with E-state index < -0.39 is 11.0 Å². The van der Waals surface area contributed by atoms with Crippen molar-refractivity contribution >= 4 is 29.9 Å². The molecule has 0 saturated carbocycles. The van der Waals surface area contributed by atoms with Crippen molar-refractivity contribution in [3.05, 3.63) is 29.5 Å². The quantitative estimate of drug-likeness (QED) is 0.420. The number of anilines is 1. The topological polar surface area (TPSA) is 97.8 Å². The fraction of sp³-hybridized carbons (Fsp3) is 0.583. The zero-order chi connectivity index (χ0) is 23.4. The van der Waals surface area contributed by atoms with E-state index in [1.807, 2.05) is 33.8 Å². The van der Waals surface area contributed by atoms with Crippen LogP contribution < -0.4 is 5.32 Å². The Hall–Kier alpha value is -2.90. The van der Waals surface area contributed by atoms with Gasteiger partial charge in [-0.15, -0.1) is 0 Å². The molecule has 0 aliphatic carbocycles. The number of amides is 2. The number of likely N-dealkylation sites (tertiary alicyclic amines) is 1. The van der Waals surface area contributed by atoms with Crippen LogP contribution in [0.4, 0.5) is 10.6 Å². The number of hydrogen-bond acceptors (Lipinski definition) is 6. The molecule has 32 heavy (non-hydrogen) atoms. The fourth-order valence-corrected chi connectivity index (χ4v) is 3.93. The van der Waals surface area contributed by atoms with Crippen LogP contribution in [0.1, 0.15) is 64.5 Å². The van der Waals surface area contributed by atoms with Crippen molar-refractivity contribution in [1.29, 1.82) is 0 Å². The average molecular weight is 444 g/mol. The van der Waals surface area contributed by atoms with E-state index in [1.54, 1.807) is 17.2 Å². The van der Waals surface area contributed by atoms with Gasteiger partial charge in [0.25, 0.3) is 0 Å². The average Bonchev–Trinajstić information content (AvgIpc) is 2.72. The summed E-state index contributed by atoms with van der Waals surface area (Å²) in [5.74, 6) is 0.123. The van der Waals surface area contributed by atoms with E-state index in [0.717, 1.165) is 24.0 Å². The normalized spacial score (nSPS) is 17.8. The van der Waals surface area contributed by atoms with Gasteiger partial charge in [-0.3, -0.25) is 4.79 Å². The standard InChI is InChI=1S/C24H33N3O5/c1-5-6-13-31-19(28)8-7-17-14-18-15-24(21(29)26-20(18)25-16-17)9-11-27(12-10-24)22(30)32-23(2,3)4/h7-8,14,16H,5-6,9-13,15H2,1-4H3,(H,25,26,29)/b8-7+. The third-order valence-corrected chi connectivity index (χ3v) is 5.76. The van der Waals surface area contributed by atoms with Gasteiger partial charge in [-0.1, -0.05) is 13.3 Å². The van der Waals surface area contributed by atoms with Gasteiger partial charge in [0.2, 0.25) is 5.91 Å². The minimum absolute atomic E-state index is 0.0517. The molecule has 0 bridgehead atoms. The molecule has 1 saturated heterocycles. The molecule has 1 spiro atoms. The Morgan fingerprint density at radius 3 is 2.66 bits per heavy atom. The fourth-order valence-electron chi connectivity index (χ4n) is 3.93. The maximum atomic E-state index is 12.9. The first-order valence-electron chi connectivity index (χ1n) is 11.2. The minimum atomic E-state index is -0.575. The van der Waals surface area contributed by atoms with Crippen LogP contribution in [-0.4, -0.2) is 53.2 Å². The van der Waals surface area contributed by atoms with E-state index in [1.165, 1.54) is 6.08 Å². The lowest BCUT2D eigenvalue weighted by molar-refractivity contribution is -0.137. The highest BCUT2D eigenvalue weighted by Gasteiger charge is 2.46. The Bertz CT molecular complexity index is 895.